The van der Waals surface area contributed by atoms with E-state index < -0.39 is 18.2 Å². The number of hydrogen-bond donors (Lipinski definition) is 2. The first-order valence-corrected chi connectivity index (χ1v) is 12.8. The van der Waals surface area contributed by atoms with Crippen LogP contribution in [0, 0.1) is 5.92 Å². The molecule has 2 heterocycles. The molecule has 1 aliphatic heterocycles. The molecule has 1 unspecified atom stereocenters. The van der Waals surface area contributed by atoms with Crippen LogP contribution in [-0.2, 0) is 16.1 Å². The van der Waals surface area contributed by atoms with Gasteiger partial charge in [-0.3, -0.25) is 19.0 Å². The van der Waals surface area contributed by atoms with Gasteiger partial charge in [-0.2, -0.15) is 0 Å². The van der Waals surface area contributed by atoms with E-state index in [1.54, 1.807) is 47.5 Å². The molecule has 196 valence electrons. The summed E-state index contributed by atoms with van der Waals surface area (Å²) in [4.78, 5) is 52.3. The Kier molecular flexibility index (Phi) is 7.53. The molecule has 0 bridgehead atoms. The monoisotopic (exact) mass is 514 g/mol. The van der Waals surface area contributed by atoms with Crippen LogP contribution in [0.1, 0.15) is 35.2 Å². The lowest BCUT2D eigenvalue weighted by Crippen LogP contribution is -2.61. The van der Waals surface area contributed by atoms with Crippen molar-refractivity contribution in [1.29, 1.82) is 0 Å². The summed E-state index contributed by atoms with van der Waals surface area (Å²) in [5.41, 5.74) is 1.76. The van der Waals surface area contributed by atoms with E-state index >= 15 is 0 Å². The minimum absolute atomic E-state index is 0.0700. The van der Waals surface area contributed by atoms with Gasteiger partial charge >= 0.3 is 6.09 Å². The molecule has 9 nitrogen and oxygen atoms in total. The molecule has 2 atom stereocenters. The molecule has 3 aromatic rings. The van der Waals surface area contributed by atoms with Crippen LogP contribution in [0.15, 0.2) is 83.8 Å². The van der Waals surface area contributed by atoms with Crippen molar-refractivity contribution in [1.82, 2.24) is 20.1 Å². The maximum absolute atomic E-state index is 13.2. The standard InChI is InChI=1S/C29H30N4O5/c34-26-8-4-5-16-33(26)23-13-11-21(12-14-23)27(35)30-25-18-32(28(36)22-9-10-22)17-15-24(25)31-29(37)38-19-20-6-2-1-3-7-20/h1-8,11-14,16,22,24-25H,9-10,15,17-19H2,(H,30,35)(H,31,37)/t24?,25-/m0/s1. The van der Waals surface area contributed by atoms with Gasteiger partial charge in [0.15, 0.2) is 0 Å². The van der Waals surface area contributed by atoms with Crippen molar-refractivity contribution in [2.75, 3.05) is 13.1 Å². The molecule has 2 fully saturated rings. The average Bonchev–Trinajstić information content (AvgIpc) is 3.79. The molecule has 1 saturated heterocycles. The molecule has 2 N–H and O–H groups in total. The molecule has 5 rings (SSSR count). The van der Waals surface area contributed by atoms with E-state index in [4.69, 9.17) is 4.74 Å². The minimum atomic E-state index is -0.572. The van der Waals surface area contributed by atoms with Crippen LogP contribution >= 0.6 is 0 Å². The van der Waals surface area contributed by atoms with Gasteiger partial charge in [0.05, 0.1) is 12.1 Å². The number of nitrogens with one attached hydrogen (secondary N) is 2. The van der Waals surface area contributed by atoms with Crippen LogP contribution < -0.4 is 16.2 Å². The molecule has 9 heteroatoms. The Hall–Kier alpha value is -4.40. The number of amides is 3. The smallest absolute Gasteiger partial charge is 0.407 e. The predicted octanol–water partition coefficient (Wildman–Crippen LogP) is 2.87. The summed E-state index contributed by atoms with van der Waals surface area (Å²) >= 11 is 0. The Bertz CT molecular complexity index is 1350. The molecule has 3 amide bonds. The lowest BCUT2D eigenvalue weighted by Gasteiger charge is -2.39. The molecular weight excluding hydrogens is 484 g/mol. The third kappa shape index (κ3) is 6.11. The summed E-state index contributed by atoms with van der Waals surface area (Å²) in [5, 5.41) is 5.89. The normalized spacial score (nSPS) is 18.9. The molecule has 1 saturated carbocycles. The Morgan fingerprint density at radius 2 is 1.58 bits per heavy atom. The fraction of sp³-hybridized carbons (Fsp3) is 0.310. The Labute approximate surface area is 220 Å². The van der Waals surface area contributed by atoms with Crippen LogP contribution in [0.3, 0.4) is 0 Å². The number of likely N-dealkylation sites (tertiary alicyclic amines) is 1. The van der Waals surface area contributed by atoms with Crippen molar-refractivity contribution in [3.63, 3.8) is 0 Å². The number of aromatic nitrogens is 1. The number of rotatable bonds is 7. The van der Waals surface area contributed by atoms with Crippen LogP contribution in [0.25, 0.3) is 5.69 Å². The predicted molar refractivity (Wildman–Crippen MR) is 141 cm³/mol. The number of alkyl carbamates (subject to hydrolysis) is 1. The molecule has 2 aliphatic rings. The summed E-state index contributed by atoms with van der Waals surface area (Å²) in [6.07, 6.45) is 3.39. The van der Waals surface area contributed by atoms with Gasteiger partial charge in [-0.15, -0.1) is 0 Å². The average molecular weight is 515 g/mol. The first-order chi connectivity index (χ1) is 18.5. The number of piperidine rings is 1. The summed E-state index contributed by atoms with van der Waals surface area (Å²) in [5.74, 6) is -0.153. The summed E-state index contributed by atoms with van der Waals surface area (Å²) in [7, 11) is 0. The summed E-state index contributed by atoms with van der Waals surface area (Å²) in [6, 6.07) is 20.1. The molecular formula is C29H30N4O5. The van der Waals surface area contributed by atoms with Gasteiger partial charge in [-0.1, -0.05) is 36.4 Å². The zero-order valence-electron chi connectivity index (χ0n) is 20.9. The third-order valence-electron chi connectivity index (χ3n) is 6.91. The van der Waals surface area contributed by atoms with Crippen LogP contribution in [0.4, 0.5) is 4.79 Å². The first kappa shape index (κ1) is 25.3. The number of pyridine rings is 1. The maximum atomic E-state index is 13.2. The second kappa shape index (κ2) is 11.3. The Balaban J connectivity index is 1.25. The topological polar surface area (TPSA) is 110 Å². The van der Waals surface area contributed by atoms with E-state index in [-0.39, 0.29) is 29.9 Å². The van der Waals surface area contributed by atoms with Gasteiger partial charge in [0.25, 0.3) is 11.5 Å². The highest BCUT2D eigenvalue weighted by molar-refractivity contribution is 5.94. The zero-order chi connectivity index (χ0) is 26.5. The van der Waals surface area contributed by atoms with Gasteiger partial charge in [0, 0.05) is 42.5 Å². The van der Waals surface area contributed by atoms with Crippen molar-refractivity contribution in [3.8, 4) is 5.69 Å². The molecule has 1 aromatic heterocycles. The second-order valence-corrected chi connectivity index (χ2v) is 9.70. The third-order valence-corrected chi connectivity index (χ3v) is 6.91. The zero-order valence-corrected chi connectivity index (χ0v) is 20.9. The largest absolute Gasteiger partial charge is 0.445 e. The van der Waals surface area contributed by atoms with E-state index in [9.17, 15) is 19.2 Å². The van der Waals surface area contributed by atoms with E-state index in [2.05, 4.69) is 10.6 Å². The molecule has 0 spiro atoms. The molecule has 2 aromatic carbocycles. The summed E-state index contributed by atoms with van der Waals surface area (Å²) in [6.45, 7) is 0.952. The van der Waals surface area contributed by atoms with E-state index in [0.29, 0.717) is 30.8 Å². The first-order valence-electron chi connectivity index (χ1n) is 12.8. The Morgan fingerprint density at radius 3 is 2.29 bits per heavy atom. The van der Waals surface area contributed by atoms with Crippen molar-refractivity contribution in [2.24, 2.45) is 5.92 Å². The number of hydrogen-bond acceptors (Lipinski definition) is 5. The highest BCUT2D eigenvalue weighted by atomic mass is 16.5. The van der Waals surface area contributed by atoms with Crippen LogP contribution in [-0.4, -0.2) is 52.5 Å². The van der Waals surface area contributed by atoms with Crippen molar-refractivity contribution < 1.29 is 19.1 Å². The summed E-state index contributed by atoms with van der Waals surface area (Å²) < 4.78 is 6.88. The van der Waals surface area contributed by atoms with Gasteiger partial charge in [0.2, 0.25) is 5.91 Å². The molecule has 0 radical (unpaired) electrons. The number of carbonyl (C=O) groups excluding carboxylic acids is 3. The van der Waals surface area contributed by atoms with Gasteiger partial charge in [0.1, 0.15) is 6.61 Å². The molecule has 38 heavy (non-hydrogen) atoms. The highest BCUT2D eigenvalue weighted by Gasteiger charge is 2.39. The minimum Gasteiger partial charge on any atom is -0.445 e. The maximum Gasteiger partial charge on any atom is 0.407 e. The lowest BCUT2D eigenvalue weighted by molar-refractivity contribution is -0.134. The quantitative estimate of drug-likeness (QED) is 0.504. The number of nitrogens with zero attached hydrogens (tertiary/aromatic N) is 2. The van der Waals surface area contributed by atoms with Crippen LogP contribution in [0.5, 0.6) is 0 Å². The van der Waals surface area contributed by atoms with Gasteiger partial charge in [-0.05, 0) is 55.2 Å². The van der Waals surface area contributed by atoms with Gasteiger partial charge in [-0.25, -0.2) is 4.79 Å². The van der Waals surface area contributed by atoms with E-state index in [1.807, 2.05) is 30.3 Å². The number of benzene rings is 2. The van der Waals surface area contributed by atoms with Crippen LogP contribution in [0.2, 0.25) is 0 Å². The highest BCUT2D eigenvalue weighted by Crippen LogP contribution is 2.32. The van der Waals surface area contributed by atoms with Crippen molar-refractivity contribution in [3.05, 3.63) is 100 Å². The van der Waals surface area contributed by atoms with E-state index in [0.717, 1.165) is 18.4 Å². The SMILES string of the molecule is O=C(NC1CCN(C(=O)C2CC2)C[C@@H]1NC(=O)c1ccc(-n2ccccc2=O)cc1)OCc1ccccc1. The second-order valence-electron chi connectivity index (χ2n) is 9.70. The van der Waals surface area contributed by atoms with Crippen molar-refractivity contribution >= 4 is 17.9 Å². The van der Waals surface area contributed by atoms with E-state index in [1.165, 1.54) is 10.6 Å². The van der Waals surface area contributed by atoms with Crippen molar-refractivity contribution in [2.45, 2.75) is 38.0 Å². The number of carbonyl (C=O) groups is 3. The lowest BCUT2D eigenvalue weighted by atomic mass is 9.98. The fourth-order valence-electron chi connectivity index (χ4n) is 4.64. The fourth-order valence-corrected chi connectivity index (χ4v) is 4.64. The Morgan fingerprint density at radius 1 is 0.842 bits per heavy atom. The van der Waals surface area contributed by atoms with Gasteiger partial charge < -0.3 is 20.3 Å². The molecule has 1 aliphatic carbocycles. The number of ether oxygens (including phenoxy) is 1.